The second kappa shape index (κ2) is 11.3. The number of halogens is 1. The van der Waals surface area contributed by atoms with Crippen molar-refractivity contribution in [2.45, 2.75) is 126 Å². The number of amides is 1. The number of carbonyl (C=O) groups excluding carboxylic acids is 2. The molecule has 222 valence electrons. The Bertz CT molecular complexity index is 1000. The van der Waals surface area contributed by atoms with E-state index < -0.39 is 18.1 Å². The number of hydrogen-bond acceptors (Lipinski definition) is 6. The number of morpholine rings is 1. The molecule has 10 atom stereocenters. The molecule has 3 saturated carbocycles. The number of rotatable bonds is 5. The van der Waals surface area contributed by atoms with Crippen LogP contribution in [-0.4, -0.2) is 102 Å². The average Bonchev–Trinajstić information content (AvgIpc) is 3.39. The number of fused-ring (bicyclic) bond motifs is 4. The van der Waals surface area contributed by atoms with Crippen molar-refractivity contribution in [3.8, 4) is 0 Å². The molecular weight excluding hydrogens is 507 g/mol. The maximum absolute atomic E-state index is 16.1. The van der Waals surface area contributed by atoms with Gasteiger partial charge in [-0.1, -0.05) is 19.3 Å². The van der Waals surface area contributed by atoms with Gasteiger partial charge in [-0.25, -0.2) is 4.39 Å². The Morgan fingerprint density at radius 2 is 1.82 bits per heavy atom. The molecule has 40 heavy (non-hydrogen) atoms. The van der Waals surface area contributed by atoms with Crippen LogP contribution >= 0.6 is 0 Å². The summed E-state index contributed by atoms with van der Waals surface area (Å²) in [5.41, 5.74) is 0.309. The van der Waals surface area contributed by atoms with E-state index in [-0.39, 0.29) is 42.4 Å². The summed E-state index contributed by atoms with van der Waals surface area (Å²) in [5.74, 6) is 0.425. The van der Waals surface area contributed by atoms with Crippen molar-refractivity contribution in [2.24, 2.45) is 17.8 Å². The van der Waals surface area contributed by atoms with Crippen molar-refractivity contribution in [3.05, 3.63) is 11.8 Å². The van der Waals surface area contributed by atoms with Crippen molar-refractivity contribution in [1.29, 1.82) is 0 Å². The molecule has 3 saturated heterocycles. The number of carbonyl (C=O) groups is 2. The van der Waals surface area contributed by atoms with Crippen LogP contribution in [0.4, 0.5) is 4.39 Å². The van der Waals surface area contributed by atoms with Crippen LogP contribution in [-0.2, 0) is 14.3 Å². The van der Waals surface area contributed by atoms with Crippen molar-refractivity contribution >= 4 is 11.7 Å². The normalized spacial score (nSPS) is 43.5. The number of piperidine rings is 1. The van der Waals surface area contributed by atoms with Crippen molar-refractivity contribution < 1.29 is 18.7 Å². The maximum atomic E-state index is 16.1. The standard InChI is InChI=1S/C32H49FN4O3/c1-35-15-7-9-21(35)13-14-34-27-25(33)18-23-29-31(27)40-26-12-11-20-8-3-4-10-22(20)28(26)37(29)19-24(30(23)38)32(39)36-16-5-2-6-17-36/h19-23,25-29,31,34H,2-18H2,1H3. The zero-order valence-electron chi connectivity index (χ0n) is 24.3. The van der Waals surface area contributed by atoms with Crippen molar-refractivity contribution in [2.75, 3.05) is 33.2 Å². The Balaban J connectivity index is 1.19. The van der Waals surface area contributed by atoms with E-state index in [0.29, 0.717) is 36.5 Å². The summed E-state index contributed by atoms with van der Waals surface area (Å²) < 4.78 is 23.0. The third kappa shape index (κ3) is 4.74. The highest BCUT2D eigenvalue weighted by Crippen LogP contribution is 2.51. The fraction of sp³-hybridized carbons (Fsp3) is 0.875. The van der Waals surface area contributed by atoms with Gasteiger partial charge in [-0.15, -0.1) is 0 Å². The van der Waals surface area contributed by atoms with E-state index in [9.17, 15) is 9.59 Å². The van der Waals surface area contributed by atoms with Crippen molar-refractivity contribution in [1.82, 2.24) is 20.0 Å². The first-order valence-electron chi connectivity index (χ1n) is 16.6. The van der Waals surface area contributed by atoms with Gasteiger partial charge in [0.2, 0.25) is 0 Å². The van der Waals surface area contributed by atoms with Gasteiger partial charge in [-0.2, -0.15) is 0 Å². The quantitative estimate of drug-likeness (QED) is 0.522. The molecule has 0 radical (unpaired) electrons. The summed E-state index contributed by atoms with van der Waals surface area (Å²) in [6, 6.07) is 0.134. The molecule has 0 aromatic carbocycles. The van der Waals surface area contributed by atoms with E-state index in [4.69, 9.17) is 4.74 Å². The second-order valence-electron chi connectivity index (χ2n) is 14.0. The monoisotopic (exact) mass is 556 g/mol. The summed E-state index contributed by atoms with van der Waals surface area (Å²) in [7, 11) is 2.19. The largest absolute Gasteiger partial charge is 0.369 e. The van der Waals surface area contributed by atoms with Crippen LogP contribution in [0, 0.1) is 17.8 Å². The van der Waals surface area contributed by atoms with Gasteiger partial charge < -0.3 is 24.8 Å². The lowest BCUT2D eigenvalue weighted by atomic mass is 9.63. The highest BCUT2D eigenvalue weighted by molar-refractivity contribution is 6.20. The molecule has 3 aliphatic carbocycles. The summed E-state index contributed by atoms with van der Waals surface area (Å²) in [6.07, 6.45) is 14.4. The summed E-state index contributed by atoms with van der Waals surface area (Å²) in [6.45, 7) is 3.34. The Morgan fingerprint density at radius 3 is 2.62 bits per heavy atom. The van der Waals surface area contributed by atoms with Gasteiger partial charge in [0.15, 0.2) is 5.78 Å². The molecular formula is C32H49FN4O3. The van der Waals surface area contributed by atoms with E-state index >= 15 is 4.39 Å². The van der Waals surface area contributed by atoms with E-state index in [1.165, 1.54) is 44.9 Å². The number of ketones is 1. The smallest absolute Gasteiger partial charge is 0.258 e. The third-order valence-electron chi connectivity index (χ3n) is 11.9. The minimum atomic E-state index is -1.16. The molecule has 1 N–H and O–H groups in total. The first kappa shape index (κ1) is 27.3. The van der Waals surface area contributed by atoms with Gasteiger partial charge >= 0.3 is 0 Å². The molecule has 7 aliphatic rings. The van der Waals surface area contributed by atoms with Gasteiger partial charge in [-0.3, -0.25) is 9.59 Å². The lowest BCUT2D eigenvalue weighted by Crippen LogP contribution is -2.74. The molecule has 1 amide bonds. The summed E-state index contributed by atoms with van der Waals surface area (Å²) >= 11 is 0. The lowest BCUT2D eigenvalue weighted by Gasteiger charge is -2.62. The highest BCUT2D eigenvalue weighted by atomic mass is 19.1. The number of hydrogen-bond donors (Lipinski definition) is 1. The molecule has 0 bridgehead atoms. The second-order valence-corrected chi connectivity index (χ2v) is 14.0. The molecule has 0 aromatic heterocycles. The molecule has 7 rings (SSSR count). The zero-order chi connectivity index (χ0) is 27.4. The van der Waals surface area contributed by atoms with Crippen LogP contribution in [0.2, 0.25) is 0 Å². The minimum Gasteiger partial charge on any atom is -0.369 e. The Morgan fingerprint density at radius 1 is 1.00 bits per heavy atom. The topological polar surface area (TPSA) is 65.1 Å². The third-order valence-corrected chi connectivity index (χ3v) is 11.9. The molecule has 6 fully saturated rings. The Labute approximate surface area is 239 Å². The van der Waals surface area contributed by atoms with Crippen LogP contribution in [0.5, 0.6) is 0 Å². The van der Waals surface area contributed by atoms with Crippen molar-refractivity contribution in [3.63, 3.8) is 0 Å². The number of nitrogens with zero attached hydrogens (tertiary/aromatic N) is 3. The Hall–Kier alpha value is -1.51. The first-order chi connectivity index (χ1) is 19.5. The Kier molecular flexibility index (Phi) is 7.72. The molecule has 8 heteroatoms. The van der Waals surface area contributed by atoms with E-state index in [0.717, 1.165) is 45.2 Å². The van der Waals surface area contributed by atoms with Crippen LogP contribution in [0.15, 0.2) is 11.8 Å². The molecule has 4 heterocycles. The summed E-state index contributed by atoms with van der Waals surface area (Å²) in [4.78, 5) is 34.5. The van der Waals surface area contributed by atoms with Gasteiger partial charge in [0.05, 0.1) is 35.9 Å². The average molecular weight is 557 g/mol. The predicted octanol–water partition coefficient (Wildman–Crippen LogP) is 3.67. The number of likely N-dealkylation sites (tertiary alicyclic amines) is 2. The fourth-order valence-corrected chi connectivity index (χ4v) is 9.83. The highest BCUT2D eigenvalue weighted by Gasteiger charge is 2.60. The van der Waals surface area contributed by atoms with Crippen LogP contribution in [0.3, 0.4) is 0 Å². The first-order valence-corrected chi connectivity index (χ1v) is 16.6. The van der Waals surface area contributed by atoms with E-state index in [2.05, 4.69) is 22.2 Å². The minimum absolute atomic E-state index is 0.0348. The van der Waals surface area contributed by atoms with Gasteiger partial charge in [-0.05, 0) is 96.2 Å². The lowest BCUT2D eigenvalue weighted by molar-refractivity contribution is -0.215. The fourth-order valence-electron chi connectivity index (χ4n) is 9.83. The zero-order valence-corrected chi connectivity index (χ0v) is 24.3. The molecule has 7 nitrogen and oxygen atoms in total. The molecule has 4 aliphatic heterocycles. The van der Waals surface area contributed by atoms with Gasteiger partial charge in [0, 0.05) is 31.2 Å². The molecule has 0 spiro atoms. The molecule has 10 unspecified atom stereocenters. The number of Topliss-reactive ketones (excluding diaryl/α,β-unsaturated/α-hetero) is 1. The maximum Gasteiger partial charge on any atom is 0.258 e. The SMILES string of the molecule is CN1CCCC1CCNC1C(F)CC2C(=O)C(C(=O)N3CCCCC3)=CN3C4C(CCC5CCCCC54)OC1C23. The number of ether oxygens (including phenoxy) is 1. The summed E-state index contributed by atoms with van der Waals surface area (Å²) in [5, 5.41) is 3.60. The number of alkyl halides is 1. The molecule has 0 aromatic rings. The van der Waals surface area contributed by atoms with Gasteiger partial charge in [0.25, 0.3) is 5.91 Å². The van der Waals surface area contributed by atoms with Crippen LogP contribution in [0.25, 0.3) is 0 Å². The van der Waals surface area contributed by atoms with Crippen LogP contribution < -0.4 is 5.32 Å². The van der Waals surface area contributed by atoms with Gasteiger partial charge in [0.1, 0.15) is 6.17 Å². The van der Waals surface area contributed by atoms with E-state index in [1.807, 2.05) is 11.1 Å². The van der Waals surface area contributed by atoms with Crippen LogP contribution in [0.1, 0.15) is 83.5 Å². The van der Waals surface area contributed by atoms with E-state index in [1.54, 1.807) is 0 Å². The predicted molar refractivity (Wildman–Crippen MR) is 151 cm³/mol. The number of nitrogens with one attached hydrogen (secondary N) is 1.